The van der Waals surface area contributed by atoms with Crippen LogP contribution in [0.3, 0.4) is 0 Å². The minimum atomic E-state index is 0.479. The number of nitrogen functional groups attached to an aromatic ring is 1. The van der Waals surface area contributed by atoms with Crippen LogP contribution in [0, 0.1) is 0 Å². The van der Waals surface area contributed by atoms with Crippen LogP contribution in [0.5, 0.6) is 0 Å². The Morgan fingerprint density at radius 3 is 2.83 bits per heavy atom. The third-order valence-electron chi connectivity index (χ3n) is 4.09. The van der Waals surface area contributed by atoms with Gasteiger partial charge in [0.25, 0.3) is 0 Å². The maximum absolute atomic E-state index is 5.82. The normalized spacial score (nSPS) is 14.3. The van der Waals surface area contributed by atoms with E-state index in [1.165, 1.54) is 11.3 Å². The minimum Gasteiger partial charge on any atom is -0.375 e. The summed E-state index contributed by atoms with van der Waals surface area (Å²) in [7, 11) is 0. The van der Waals surface area contributed by atoms with Crippen LogP contribution < -0.4 is 5.73 Å². The summed E-state index contributed by atoms with van der Waals surface area (Å²) in [6.07, 6.45) is 4.09. The Morgan fingerprint density at radius 1 is 1.12 bits per heavy atom. The van der Waals surface area contributed by atoms with Gasteiger partial charge in [-0.25, -0.2) is 15.0 Å². The first-order valence-corrected chi connectivity index (χ1v) is 8.64. The number of aromatic nitrogens is 5. The monoisotopic (exact) mass is 334 g/mol. The van der Waals surface area contributed by atoms with Crippen molar-refractivity contribution in [3.8, 4) is 17.2 Å². The van der Waals surface area contributed by atoms with Gasteiger partial charge in [-0.3, -0.25) is 0 Å². The number of anilines is 1. The Balaban J connectivity index is 1.70. The van der Waals surface area contributed by atoms with E-state index in [2.05, 4.69) is 9.97 Å². The fourth-order valence-electron chi connectivity index (χ4n) is 2.75. The van der Waals surface area contributed by atoms with E-state index in [1.54, 1.807) is 6.20 Å². The molecular formula is C17H14N6S. The van der Waals surface area contributed by atoms with E-state index in [0.717, 1.165) is 46.1 Å². The lowest BCUT2D eigenvalue weighted by Gasteiger charge is -2.04. The Kier molecular flexibility index (Phi) is 2.90. The Bertz CT molecular complexity index is 1030. The summed E-state index contributed by atoms with van der Waals surface area (Å²) in [5.74, 6) is 2.94. The van der Waals surface area contributed by atoms with Gasteiger partial charge in [-0.2, -0.15) is 4.68 Å². The van der Waals surface area contributed by atoms with Gasteiger partial charge in [0.1, 0.15) is 0 Å². The lowest BCUT2D eigenvalue weighted by Crippen LogP contribution is -2.02. The molecule has 0 aliphatic heterocycles. The molecule has 0 unspecified atom stereocenters. The minimum absolute atomic E-state index is 0.479. The lowest BCUT2D eigenvalue weighted by atomic mass is 10.2. The standard InChI is InChI=1S/C17H14N6S/c18-17-20-12-9-11(6-7-13(12)24-17)16-21-15(10-4-5-10)22-23(16)14-3-1-2-8-19-14/h1-3,6-10H,4-5H2,(H2,18,20). The van der Waals surface area contributed by atoms with Crippen molar-refractivity contribution in [2.45, 2.75) is 18.8 Å². The van der Waals surface area contributed by atoms with Gasteiger partial charge in [-0.1, -0.05) is 17.4 Å². The lowest BCUT2D eigenvalue weighted by molar-refractivity contribution is 0.816. The van der Waals surface area contributed by atoms with Gasteiger partial charge in [-0.15, -0.1) is 5.10 Å². The predicted molar refractivity (Wildman–Crippen MR) is 94.2 cm³/mol. The largest absolute Gasteiger partial charge is 0.375 e. The number of nitrogens with zero attached hydrogens (tertiary/aromatic N) is 5. The molecule has 4 aromatic rings. The zero-order chi connectivity index (χ0) is 16.1. The highest BCUT2D eigenvalue weighted by molar-refractivity contribution is 7.22. The molecule has 6 nitrogen and oxygen atoms in total. The van der Waals surface area contributed by atoms with E-state index in [4.69, 9.17) is 15.8 Å². The molecule has 0 saturated heterocycles. The maximum atomic E-state index is 5.82. The third kappa shape index (κ3) is 2.25. The molecule has 3 aromatic heterocycles. The second-order valence-corrected chi connectivity index (χ2v) is 6.96. The molecule has 118 valence electrons. The fourth-order valence-corrected chi connectivity index (χ4v) is 3.47. The maximum Gasteiger partial charge on any atom is 0.181 e. The first kappa shape index (κ1) is 13.6. The highest BCUT2D eigenvalue weighted by atomic mass is 32.1. The topological polar surface area (TPSA) is 82.5 Å². The van der Waals surface area contributed by atoms with Crippen molar-refractivity contribution in [3.05, 3.63) is 48.4 Å². The molecule has 7 heteroatoms. The van der Waals surface area contributed by atoms with E-state index in [9.17, 15) is 0 Å². The van der Waals surface area contributed by atoms with Crippen molar-refractivity contribution in [2.75, 3.05) is 5.73 Å². The number of pyridine rings is 1. The summed E-state index contributed by atoms with van der Waals surface area (Å²) in [6.45, 7) is 0. The highest BCUT2D eigenvalue weighted by Crippen LogP contribution is 2.39. The van der Waals surface area contributed by atoms with Gasteiger partial charge in [0.15, 0.2) is 22.6 Å². The quantitative estimate of drug-likeness (QED) is 0.621. The number of fused-ring (bicyclic) bond motifs is 1. The van der Waals surface area contributed by atoms with E-state index in [0.29, 0.717) is 11.0 Å². The van der Waals surface area contributed by atoms with Gasteiger partial charge in [0.05, 0.1) is 10.2 Å². The summed E-state index contributed by atoms with van der Waals surface area (Å²) in [5.41, 5.74) is 7.67. The number of thiazole rings is 1. The highest BCUT2D eigenvalue weighted by Gasteiger charge is 2.29. The van der Waals surface area contributed by atoms with Crippen LogP contribution in [0.25, 0.3) is 27.4 Å². The number of nitrogens with two attached hydrogens (primary N) is 1. The summed E-state index contributed by atoms with van der Waals surface area (Å²) >= 11 is 1.49. The molecule has 5 rings (SSSR count). The van der Waals surface area contributed by atoms with Crippen LogP contribution in [-0.2, 0) is 0 Å². The molecule has 1 saturated carbocycles. The molecule has 0 amide bonds. The van der Waals surface area contributed by atoms with Crippen LogP contribution in [-0.4, -0.2) is 24.7 Å². The van der Waals surface area contributed by atoms with Crippen LogP contribution in [0.2, 0.25) is 0 Å². The SMILES string of the molecule is Nc1nc2cc(-c3nc(C4CC4)nn3-c3ccccn3)ccc2s1. The number of hydrogen-bond donors (Lipinski definition) is 1. The van der Waals surface area contributed by atoms with Crippen LogP contribution in [0.1, 0.15) is 24.6 Å². The van der Waals surface area contributed by atoms with Gasteiger partial charge < -0.3 is 5.73 Å². The molecular weight excluding hydrogens is 320 g/mol. The van der Waals surface area contributed by atoms with Gasteiger partial charge in [0.2, 0.25) is 0 Å². The van der Waals surface area contributed by atoms with Crippen molar-refractivity contribution in [2.24, 2.45) is 0 Å². The van der Waals surface area contributed by atoms with Crippen molar-refractivity contribution < 1.29 is 0 Å². The van der Waals surface area contributed by atoms with Gasteiger partial charge in [0, 0.05) is 17.7 Å². The molecule has 3 heterocycles. The van der Waals surface area contributed by atoms with Crippen molar-refractivity contribution in [1.82, 2.24) is 24.7 Å². The number of hydrogen-bond acceptors (Lipinski definition) is 6. The molecule has 0 radical (unpaired) electrons. The number of benzene rings is 1. The van der Waals surface area contributed by atoms with E-state index in [1.807, 2.05) is 41.1 Å². The van der Waals surface area contributed by atoms with Crippen molar-refractivity contribution >= 4 is 26.7 Å². The predicted octanol–water partition coefficient (Wildman–Crippen LogP) is 3.40. The first-order chi connectivity index (χ1) is 11.8. The Labute approximate surface area is 142 Å². The molecule has 1 aromatic carbocycles. The fraction of sp³-hybridized carbons (Fsp3) is 0.176. The molecule has 1 aliphatic rings. The van der Waals surface area contributed by atoms with E-state index in [-0.39, 0.29) is 0 Å². The Hall–Kier alpha value is -2.80. The molecule has 1 fully saturated rings. The summed E-state index contributed by atoms with van der Waals surface area (Å²) in [6, 6.07) is 11.9. The average molecular weight is 334 g/mol. The van der Waals surface area contributed by atoms with Crippen LogP contribution in [0.4, 0.5) is 5.13 Å². The first-order valence-electron chi connectivity index (χ1n) is 7.83. The summed E-state index contributed by atoms with van der Waals surface area (Å²) in [5, 5.41) is 5.28. The summed E-state index contributed by atoms with van der Waals surface area (Å²) < 4.78 is 2.90. The van der Waals surface area contributed by atoms with Crippen LogP contribution >= 0.6 is 11.3 Å². The molecule has 1 aliphatic carbocycles. The second-order valence-electron chi connectivity index (χ2n) is 5.90. The third-order valence-corrected chi connectivity index (χ3v) is 4.96. The van der Waals surface area contributed by atoms with E-state index < -0.39 is 0 Å². The van der Waals surface area contributed by atoms with Crippen molar-refractivity contribution in [1.29, 1.82) is 0 Å². The van der Waals surface area contributed by atoms with E-state index >= 15 is 0 Å². The molecule has 0 spiro atoms. The average Bonchev–Trinajstić information content (AvgIpc) is 3.24. The van der Waals surface area contributed by atoms with Gasteiger partial charge in [-0.05, 0) is 43.2 Å². The van der Waals surface area contributed by atoms with Crippen LogP contribution in [0.15, 0.2) is 42.6 Å². The second kappa shape index (κ2) is 5.10. The molecule has 0 bridgehead atoms. The van der Waals surface area contributed by atoms with Gasteiger partial charge >= 0.3 is 0 Å². The zero-order valence-corrected chi connectivity index (χ0v) is 13.6. The van der Waals surface area contributed by atoms with Crippen molar-refractivity contribution in [3.63, 3.8) is 0 Å². The number of rotatable bonds is 3. The molecule has 2 N–H and O–H groups in total. The smallest absolute Gasteiger partial charge is 0.181 e. The Morgan fingerprint density at radius 2 is 2.04 bits per heavy atom. The molecule has 24 heavy (non-hydrogen) atoms. The molecule has 0 atom stereocenters. The zero-order valence-electron chi connectivity index (χ0n) is 12.8. The summed E-state index contributed by atoms with van der Waals surface area (Å²) in [4.78, 5) is 13.6.